The molecule has 4 nitrogen and oxygen atoms in total. The number of para-hydroxylation sites is 1. The SMILES string of the molecule is CC(=O)NCc1ccc(CN2CCN(c3ccccc3)CC2)cc1. The van der Waals surface area contributed by atoms with E-state index in [1.54, 1.807) is 6.92 Å². The van der Waals surface area contributed by atoms with Gasteiger partial charge >= 0.3 is 0 Å². The van der Waals surface area contributed by atoms with Crippen molar-refractivity contribution in [2.24, 2.45) is 0 Å². The third kappa shape index (κ3) is 4.59. The molecule has 0 atom stereocenters. The third-order valence-corrected chi connectivity index (χ3v) is 4.46. The van der Waals surface area contributed by atoms with Crippen LogP contribution in [0.25, 0.3) is 0 Å². The van der Waals surface area contributed by atoms with Crippen LogP contribution in [0.2, 0.25) is 0 Å². The first kappa shape index (κ1) is 16.5. The minimum Gasteiger partial charge on any atom is -0.369 e. The van der Waals surface area contributed by atoms with Gasteiger partial charge in [0.05, 0.1) is 0 Å². The Kier molecular flexibility index (Phi) is 5.49. The molecule has 2 aromatic carbocycles. The highest BCUT2D eigenvalue weighted by atomic mass is 16.1. The molecule has 0 unspecified atom stereocenters. The second-order valence-electron chi connectivity index (χ2n) is 6.32. The Bertz CT molecular complexity index is 646. The molecule has 1 aliphatic rings. The predicted octanol–water partition coefficient (Wildman–Crippen LogP) is 2.64. The lowest BCUT2D eigenvalue weighted by atomic mass is 10.1. The van der Waals surface area contributed by atoms with Gasteiger partial charge in [-0.1, -0.05) is 42.5 Å². The van der Waals surface area contributed by atoms with Crippen LogP contribution in [0, 0.1) is 0 Å². The van der Waals surface area contributed by atoms with Gasteiger partial charge in [-0.25, -0.2) is 0 Å². The summed E-state index contributed by atoms with van der Waals surface area (Å²) in [5.74, 6) is 0.00960. The highest BCUT2D eigenvalue weighted by Crippen LogP contribution is 2.17. The molecule has 4 heteroatoms. The maximum Gasteiger partial charge on any atom is 0.217 e. The Balaban J connectivity index is 1.48. The number of nitrogens with one attached hydrogen (secondary N) is 1. The topological polar surface area (TPSA) is 35.6 Å². The summed E-state index contributed by atoms with van der Waals surface area (Å²) in [6, 6.07) is 19.2. The van der Waals surface area contributed by atoms with Gasteiger partial charge in [-0.05, 0) is 23.3 Å². The van der Waals surface area contributed by atoms with E-state index >= 15 is 0 Å². The Morgan fingerprint density at radius 1 is 0.917 bits per heavy atom. The first-order valence-corrected chi connectivity index (χ1v) is 8.55. The van der Waals surface area contributed by atoms with Gasteiger partial charge in [0.15, 0.2) is 0 Å². The zero-order valence-corrected chi connectivity index (χ0v) is 14.2. The van der Waals surface area contributed by atoms with Crippen LogP contribution in [0.3, 0.4) is 0 Å². The minimum absolute atomic E-state index is 0.00960. The molecule has 1 amide bonds. The fraction of sp³-hybridized carbons (Fsp3) is 0.350. The van der Waals surface area contributed by atoms with Gasteiger partial charge in [0, 0.05) is 51.9 Å². The standard InChI is InChI=1S/C20H25N3O/c1-17(24)21-15-18-7-9-19(10-8-18)16-22-11-13-23(14-12-22)20-5-3-2-4-6-20/h2-10H,11-16H2,1H3,(H,21,24). The monoisotopic (exact) mass is 323 g/mol. The summed E-state index contributed by atoms with van der Waals surface area (Å²) in [7, 11) is 0. The van der Waals surface area contributed by atoms with Crippen molar-refractivity contribution in [3.8, 4) is 0 Å². The summed E-state index contributed by atoms with van der Waals surface area (Å²) >= 11 is 0. The second kappa shape index (κ2) is 7.97. The molecule has 3 rings (SSSR count). The molecule has 0 aromatic heterocycles. The molecule has 126 valence electrons. The zero-order chi connectivity index (χ0) is 16.8. The first-order valence-electron chi connectivity index (χ1n) is 8.55. The normalized spacial score (nSPS) is 15.3. The average molecular weight is 323 g/mol. The number of hydrogen-bond donors (Lipinski definition) is 1. The molecule has 0 spiro atoms. The number of carbonyl (C=O) groups excluding carboxylic acids is 1. The Hall–Kier alpha value is -2.33. The lowest BCUT2D eigenvalue weighted by molar-refractivity contribution is -0.119. The van der Waals surface area contributed by atoms with E-state index in [1.165, 1.54) is 11.3 Å². The number of rotatable bonds is 5. The van der Waals surface area contributed by atoms with Gasteiger partial charge < -0.3 is 10.2 Å². The molecule has 0 aliphatic carbocycles. The Morgan fingerprint density at radius 3 is 2.17 bits per heavy atom. The summed E-state index contributed by atoms with van der Waals surface area (Å²) in [6.45, 7) is 7.46. The number of hydrogen-bond acceptors (Lipinski definition) is 3. The highest BCUT2D eigenvalue weighted by molar-refractivity contribution is 5.72. The fourth-order valence-electron chi connectivity index (χ4n) is 3.05. The molecule has 1 aliphatic heterocycles. The van der Waals surface area contributed by atoms with Crippen LogP contribution in [-0.2, 0) is 17.9 Å². The van der Waals surface area contributed by atoms with E-state index in [-0.39, 0.29) is 5.91 Å². The minimum atomic E-state index is 0.00960. The van der Waals surface area contributed by atoms with Crippen LogP contribution in [0.15, 0.2) is 54.6 Å². The first-order chi connectivity index (χ1) is 11.7. The van der Waals surface area contributed by atoms with Crippen molar-refractivity contribution in [3.63, 3.8) is 0 Å². The van der Waals surface area contributed by atoms with E-state index in [4.69, 9.17) is 0 Å². The average Bonchev–Trinajstić information content (AvgIpc) is 2.62. The molecule has 1 heterocycles. The summed E-state index contributed by atoms with van der Waals surface area (Å²) in [6.07, 6.45) is 0. The van der Waals surface area contributed by atoms with Crippen molar-refractivity contribution in [1.29, 1.82) is 0 Å². The molecule has 24 heavy (non-hydrogen) atoms. The van der Waals surface area contributed by atoms with Crippen LogP contribution < -0.4 is 10.2 Å². The maximum absolute atomic E-state index is 11.0. The number of piperazine rings is 1. The van der Waals surface area contributed by atoms with E-state index in [9.17, 15) is 4.79 Å². The van der Waals surface area contributed by atoms with E-state index in [2.05, 4.69) is 69.7 Å². The van der Waals surface area contributed by atoms with Crippen molar-refractivity contribution in [1.82, 2.24) is 10.2 Å². The van der Waals surface area contributed by atoms with Gasteiger partial charge in [0.25, 0.3) is 0 Å². The van der Waals surface area contributed by atoms with E-state index < -0.39 is 0 Å². The summed E-state index contributed by atoms with van der Waals surface area (Å²) in [5, 5.41) is 2.83. The quantitative estimate of drug-likeness (QED) is 0.919. The van der Waals surface area contributed by atoms with E-state index in [0.717, 1.165) is 38.3 Å². The van der Waals surface area contributed by atoms with Gasteiger partial charge in [0.2, 0.25) is 5.91 Å². The summed E-state index contributed by atoms with van der Waals surface area (Å²) in [4.78, 5) is 15.9. The molecule has 2 aromatic rings. The van der Waals surface area contributed by atoms with Crippen molar-refractivity contribution in [2.75, 3.05) is 31.1 Å². The van der Waals surface area contributed by atoms with Crippen LogP contribution >= 0.6 is 0 Å². The molecule has 1 fully saturated rings. The van der Waals surface area contributed by atoms with E-state index in [1.807, 2.05) is 0 Å². The van der Waals surface area contributed by atoms with Gasteiger partial charge in [0.1, 0.15) is 0 Å². The number of anilines is 1. The van der Waals surface area contributed by atoms with Crippen LogP contribution in [0.4, 0.5) is 5.69 Å². The second-order valence-corrected chi connectivity index (χ2v) is 6.32. The van der Waals surface area contributed by atoms with E-state index in [0.29, 0.717) is 6.54 Å². The highest BCUT2D eigenvalue weighted by Gasteiger charge is 2.17. The van der Waals surface area contributed by atoms with Gasteiger partial charge in [-0.3, -0.25) is 9.69 Å². The molecular weight excluding hydrogens is 298 g/mol. The van der Waals surface area contributed by atoms with Crippen molar-refractivity contribution in [3.05, 3.63) is 65.7 Å². The van der Waals surface area contributed by atoms with Crippen molar-refractivity contribution in [2.45, 2.75) is 20.0 Å². The van der Waals surface area contributed by atoms with Crippen molar-refractivity contribution >= 4 is 11.6 Å². The largest absolute Gasteiger partial charge is 0.369 e. The summed E-state index contributed by atoms with van der Waals surface area (Å²) < 4.78 is 0. The molecule has 0 saturated carbocycles. The van der Waals surface area contributed by atoms with Gasteiger partial charge in [-0.15, -0.1) is 0 Å². The molecule has 1 saturated heterocycles. The van der Waals surface area contributed by atoms with Crippen LogP contribution in [-0.4, -0.2) is 37.0 Å². The third-order valence-electron chi connectivity index (χ3n) is 4.46. The smallest absolute Gasteiger partial charge is 0.217 e. The molecule has 0 bridgehead atoms. The van der Waals surface area contributed by atoms with Crippen LogP contribution in [0.1, 0.15) is 18.1 Å². The maximum atomic E-state index is 11.0. The summed E-state index contributed by atoms with van der Waals surface area (Å²) in [5.41, 5.74) is 3.79. The number of amides is 1. The van der Waals surface area contributed by atoms with Gasteiger partial charge in [-0.2, -0.15) is 0 Å². The Morgan fingerprint density at radius 2 is 1.54 bits per heavy atom. The number of nitrogens with zero attached hydrogens (tertiary/aromatic N) is 2. The zero-order valence-electron chi connectivity index (χ0n) is 14.2. The molecule has 1 N–H and O–H groups in total. The molecule has 0 radical (unpaired) electrons. The number of benzene rings is 2. The lowest BCUT2D eigenvalue weighted by Gasteiger charge is -2.36. The van der Waals surface area contributed by atoms with Crippen LogP contribution in [0.5, 0.6) is 0 Å². The Labute approximate surface area is 144 Å². The lowest BCUT2D eigenvalue weighted by Crippen LogP contribution is -2.45. The fourth-order valence-corrected chi connectivity index (χ4v) is 3.05. The number of carbonyl (C=O) groups is 1. The predicted molar refractivity (Wildman–Crippen MR) is 97.9 cm³/mol. The molecular formula is C20H25N3O. The van der Waals surface area contributed by atoms with Crippen molar-refractivity contribution < 1.29 is 4.79 Å².